The Morgan fingerprint density at radius 3 is 1.97 bits per heavy atom. The molecule has 0 aliphatic rings. The Kier molecular flexibility index (Phi) is 7.38. The lowest BCUT2D eigenvalue weighted by Crippen LogP contribution is -2.55. The molecule has 0 saturated heterocycles. The second kappa shape index (κ2) is 9.48. The van der Waals surface area contributed by atoms with E-state index in [9.17, 15) is 13.2 Å². The van der Waals surface area contributed by atoms with E-state index in [2.05, 4.69) is 65.8 Å². The van der Waals surface area contributed by atoms with Crippen molar-refractivity contribution >= 4 is 24.0 Å². The third kappa shape index (κ3) is 4.68. The highest BCUT2D eigenvalue weighted by atomic mass is 28.3. The van der Waals surface area contributed by atoms with Gasteiger partial charge < -0.3 is 0 Å². The van der Waals surface area contributed by atoms with Gasteiger partial charge in [-0.15, -0.1) is 0 Å². The fraction of sp³-hybridized carbons (Fsp3) is 0.483. The minimum absolute atomic E-state index is 0.310. The number of halogens is 3. The molecule has 0 atom stereocenters. The summed E-state index contributed by atoms with van der Waals surface area (Å²) >= 11 is 0. The molecule has 3 rings (SSSR count). The van der Waals surface area contributed by atoms with E-state index in [4.69, 9.17) is 0 Å². The Morgan fingerprint density at radius 2 is 1.44 bits per heavy atom. The fourth-order valence-corrected chi connectivity index (χ4v) is 13.3. The lowest BCUT2D eigenvalue weighted by molar-refractivity contribution is -0.659. The Hall–Kier alpha value is -2.14. The molecule has 1 heterocycles. The van der Waals surface area contributed by atoms with Gasteiger partial charge in [-0.05, 0) is 64.7 Å². The van der Waals surface area contributed by atoms with Crippen molar-refractivity contribution in [2.75, 3.05) is 0 Å². The van der Waals surface area contributed by atoms with Crippen molar-refractivity contribution in [2.45, 2.75) is 84.6 Å². The number of pyridine rings is 1. The van der Waals surface area contributed by atoms with E-state index in [0.717, 1.165) is 33.2 Å². The lowest BCUT2D eigenvalue weighted by atomic mass is 9.93. The number of hydrogen-bond acceptors (Lipinski definition) is 0. The van der Waals surface area contributed by atoms with Crippen molar-refractivity contribution in [3.05, 3.63) is 59.3 Å². The highest BCUT2D eigenvalue weighted by Crippen LogP contribution is 2.42. The predicted octanol–water partition coefficient (Wildman–Crippen LogP) is 7.94. The van der Waals surface area contributed by atoms with Crippen LogP contribution in [0, 0.1) is 13.8 Å². The van der Waals surface area contributed by atoms with Crippen LogP contribution in [0.1, 0.15) is 58.2 Å². The van der Waals surface area contributed by atoms with Crippen LogP contribution in [0.15, 0.2) is 42.6 Å². The van der Waals surface area contributed by atoms with Gasteiger partial charge >= 0.3 is 6.18 Å². The minimum atomic E-state index is -4.23. The molecule has 34 heavy (non-hydrogen) atoms. The van der Waals surface area contributed by atoms with Crippen LogP contribution in [-0.4, -0.2) is 14.3 Å². The maximum atomic E-state index is 13.2. The van der Waals surface area contributed by atoms with E-state index in [0.29, 0.717) is 22.2 Å². The molecule has 0 fully saturated rings. The van der Waals surface area contributed by atoms with Crippen LogP contribution in [0.2, 0.25) is 16.6 Å². The highest BCUT2D eigenvalue weighted by molar-refractivity contribution is 6.95. The lowest BCUT2D eigenvalue weighted by Gasteiger charge is -2.43. The maximum Gasteiger partial charge on any atom is 0.393 e. The van der Waals surface area contributed by atoms with Crippen molar-refractivity contribution in [3.63, 3.8) is 0 Å². The van der Waals surface area contributed by atoms with Gasteiger partial charge in [0.1, 0.15) is 7.05 Å². The van der Waals surface area contributed by atoms with Crippen LogP contribution >= 0.6 is 0 Å². The number of benzene rings is 2. The normalized spacial score (nSPS) is 13.0. The monoisotopic (exact) mass is 486 g/mol. The van der Waals surface area contributed by atoms with Gasteiger partial charge in [0, 0.05) is 6.07 Å². The van der Waals surface area contributed by atoms with E-state index in [1.807, 2.05) is 31.7 Å². The third-order valence-corrected chi connectivity index (χ3v) is 14.9. The molecule has 0 radical (unpaired) electrons. The first kappa shape index (κ1) is 26.5. The molecular formula is C29H39F3NSi+. The quantitative estimate of drug-likeness (QED) is 0.246. The molecule has 3 aromatic rings. The van der Waals surface area contributed by atoms with Gasteiger partial charge in [0.15, 0.2) is 6.20 Å². The standard InChI is InChI=1S/C29H39F3NSi/c1-18(2)34(19(3)4,20(5)6)25-10-11-26-24(16-25)12-13-33(9)28(26)27-15-23(17-29(30,31)32)14-21(7)22(27)8/h10-16,18-20H,17H2,1-9H3/q+1. The zero-order valence-electron chi connectivity index (χ0n) is 22.1. The zero-order valence-corrected chi connectivity index (χ0v) is 23.1. The largest absolute Gasteiger partial charge is 0.393 e. The van der Waals surface area contributed by atoms with Gasteiger partial charge in [-0.2, -0.15) is 13.2 Å². The SMILES string of the molecule is Cc1cc(CC(F)(F)F)cc(-c2c3ccc([Si](C(C)C)(C(C)C)C(C)C)cc3cc[n+]2C)c1C. The summed E-state index contributed by atoms with van der Waals surface area (Å²) in [5, 5.41) is 3.71. The summed E-state index contributed by atoms with van der Waals surface area (Å²) in [4.78, 5) is 0. The van der Waals surface area contributed by atoms with Crippen molar-refractivity contribution in [1.82, 2.24) is 0 Å². The third-order valence-electron chi connectivity index (χ3n) is 7.89. The van der Waals surface area contributed by atoms with Crippen molar-refractivity contribution in [1.29, 1.82) is 0 Å². The average Bonchev–Trinajstić information content (AvgIpc) is 2.69. The van der Waals surface area contributed by atoms with Gasteiger partial charge in [-0.25, -0.2) is 4.57 Å². The predicted molar refractivity (Wildman–Crippen MR) is 140 cm³/mol. The van der Waals surface area contributed by atoms with E-state index in [-0.39, 0.29) is 0 Å². The van der Waals surface area contributed by atoms with Crippen molar-refractivity contribution < 1.29 is 17.7 Å². The van der Waals surface area contributed by atoms with Crippen LogP contribution in [0.25, 0.3) is 22.0 Å². The fourth-order valence-electron chi connectivity index (χ4n) is 6.49. The second-order valence-corrected chi connectivity index (χ2v) is 16.8. The first-order valence-electron chi connectivity index (χ1n) is 12.3. The summed E-state index contributed by atoms with van der Waals surface area (Å²) in [7, 11) is 0.157. The summed E-state index contributed by atoms with van der Waals surface area (Å²) < 4.78 is 41.6. The molecule has 0 unspecified atom stereocenters. The number of rotatable bonds is 6. The molecule has 0 bridgehead atoms. The summed E-state index contributed by atoms with van der Waals surface area (Å²) in [5.41, 5.74) is 5.88. The first-order chi connectivity index (χ1) is 15.7. The van der Waals surface area contributed by atoms with Crippen LogP contribution in [0.3, 0.4) is 0 Å². The van der Waals surface area contributed by atoms with Crippen LogP contribution in [0.4, 0.5) is 13.2 Å². The van der Waals surface area contributed by atoms with Crippen LogP contribution in [0.5, 0.6) is 0 Å². The molecule has 5 heteroatoms. The summed E-state index contributed by atoms with van der Waals surface area (Å²) in [6.07, 6.45) is -3.10. The molecule has 0 N–H and O–H groups in total. The number of nitrogens with zero attached hydrogens (tertiary/aromatic N) is 1. The number of fused-ring (bicyclic) bond motifs is 1. The first-order valence-corrected chi connectivity index (χ1v) is 14.5. The zero-order chi connectivity index (χ0) is 25.6. The van der Waals surface area contributed by atoms with Gasteiger partial charge in [0.05, 0.1) is 25.4 Å². The summed E-state index contributed by atoms with van der Waals surface area (Å²) in [6, 6.07) is 12.4. The molecule has 0 amide bonds. The molecular weight excluding hydrogens is 447 g/mol. The van der Waals surface area contributed by atoms with Crippen LogP contribution < -0.4 is 9.75 Å². The summed E-state index contributed by atoms with van der Waals surface area (Å²) in [5.74, 6) is 0. The Labute approximate surface area is 204 Å². The average molecular weight is 487 g/mol. The Bertz CT molecular complexity index is 1170. The van der Waals surface area contributed by atoms with Crippen molar-refractivity contribution in [2.24, 2.45) is 7.05 Å². The van der Waals surface area contributed by atoms with Gasteiger partial charge in [-0.1, -0.05) is 64.9 Å². The minimum Gasteiger partial charge on any atom is -0.200 e. The highest BCUT2D eigenvalue weighted by Gasteiger charge is 2.44. The number of alkyl halides is 3. The molecule has 2 aromatic carbocycles. The molecule has 0 saturated carbocycles. The molecule has 0 aliphatic heterocycles. The number of aryl methyl sites for hydroxylation is 2. The van der Waals surface area contributed by atoms with E-state index in [1.54, 1.807) is 12.1 Å². The Morgan fingerprint density at radius 1 is 0.853 bits per heavy atom. The molecule has 184 valence electrons. The number of hydrogen-bond donors (Lipinski definition) is 0. The topological polar surface area (TPSA) is 3.88 Å². The smallest absolute Gasteiger partial charge is 0.200 e. The molecule has 0 aliphatic carbocycles. The van der Waals surface area contributed by atoms with Crippen molar-refractivity contribution in [3.8, 4) is 11.3 Å². The summed E-state index contributed by atoms with van der Waals surface area (Å²) in [6.45, 7) is 18.1. The second-order valence-electron chi connectivity index (χ2n) is 10.9. The Balaban J connectivity index is 2.29. The molecule has 1 aromatic heterocycles. The maximum absolute atomic E-state index is 13.2. The van der Waals surface area contributed by atoms with Crippen LogP contribution in [-0.2, 0) is 13.5 Å². The van der Waals surface area contributed by atoms with Gasteiger partial charge in [-0.3, -0.25) is 0 Å². The number of aromatic nitrogens is 1. The van der Waals surface area contributed by atoms with E-state index >= 15 is 0 Å². The molecule has 0 spiro atoms. The van der Waals surface area contributed by atoms with E-state index < -0.39 is 20.7 Å². The van der Waals surface area contributed by atoms with E-state index in [1.165, 1.54) is 5.19 Å². The van der Waals surface area contributed by atoms with Gasteiger partial charge in [0.2, 0.25) is 5.69 Å². The molecule has 1 nitrogen and oxygen atoms in total. The van der Waals surface area contributed by atoms with Gasteiger partial charge in [0.25, 0.3) is 0 Å².